The zero-order chi connectivity index (χ0) is 21.8. The fourth-order valence-electron chi connectivity index (χ4n) is 4.04. The number of H-pyrrole nitrogens is 1. The van der Waals surface area contributed by atoms with Crippen molar-refractivity contribution in [1.82, 2.24) is 20.3 Å². The third kappa shape index (κ3) is 4.61. The van der Waals surface area contributed by atoms with Crippen LogP contribution in [-0.4, -0.2) is 46.5 Å². The Kier molecular flexibility index (Phi) is 6.60. The molecule has 1 aliphatic carbocycles. The van der Waals surface area contributed by atoms with Crippen molar-refractivity contribution in [1.29, 1.82) is 0 Å². The molecule has 0 saturated heterocycles. The highest BCUT2D eigenvalue weighted by Crippen LogP contribution is 2.36. The first kappa shape index (κ1) is 21.4. The van der Waals surface area contributed by atoms with Gasteiger partial charge in [-0.15, -0.1) is 0 Å². The highest BCUT2D eigenvalue weighted by molar-refractivity contribution is 7.98. The third-order valence-corrected chi connectivity index (χ3v) is 6.28. The van der Waals surface area contributed by atoms with Gasteiger partial charge in [-0.05, 0) is 55.4 Å². The molecule has 1 unspecified atom stereocenters. The summed E-state index contributed by atoms with van der Waals surface area (Å²) >= 11 is 1.78. The predicted octanol–water partition coefficient (Wildman–Crippen LogP) is 3.82. The molecule has 1 aromatic carbocycles. The molecule has 0 spiro atoms. The molecule has 3 N–H and O–H groups in total. The van der Waals surface area contributed by atoms with Crippen LogP contribution < -0.4 is 15.4 Å². The Morgan fingerprint density at radius 3 is 3.06 bits per heavy atom. The Morgan fingerprint density at radius 2 is 2.26 bits per heavy atom. The van der Waals surface area contributed by atoms with Crippen molar-refractivity contribution in [3.8, 4) is 5.75 Å². The van der Waals surface area contributed by atoms with Gasteiger partial charge in [0.15, 0.2) is 0 Å². The van der Waals surface area contributed by atoms with Crippen molar-refractivity contribution >= 4 is 40.2 Å². The summed E-state index contributed by atoms with van der Waals surface area (Å²) in [6.45, 7) is 0.701. The minimum atomic E-state index is -0.372. The van der Waals surface area contributed by atoms with Gasteiger partial charge < -0.3 is 20.4 Å². The lowest BCUT2D eigenvalue weighted by atomic mass is 9.86. The number of fused-ring (bicyclic) bond motifs is 3. The van der Waals surface area contributed by atoms with Crippen LogP contribution >= 0.6 is 11.8 Å². The second-order valence-electron chi connectivity index (χ2n) is 7.57. The van der Waals surface area contributed by atoms with E-state index >= 15 is 0 Å². The maximum Gasteiger partial charge on any atom is 0.223 e. The van der Waals surface area contributed by atoms with E-state index in [9.17, 15) is 9.18 Å². The number of ether oxygens (including phenoxy) is 1. The van der Waals surface area contributed by atoms with Crippen LogP contribution in [0.25, 0.3) is 11.0 Å². The van der Waals surface area contributed by atoms with Crippen molar-refractivity contribution in [2.24, 2.45) is 5.92 Å². The van der Waals surface area contributed by atoms with Gasteiger partial charge in [-0.25, -0.2) is 14.4 Å². The van der Waals surface area contributed by atoms with Crippen LogP contribution in [0.3, 0.4) is 0 Å². The van der Waals surface area contributed by atoms with Crippen molar-refractivity contribution in [2.45, 2.75) is 25.7 Å². The maximum absolute atomic E-state index is 13.8. The zero-order valence-corrected chi connectivity index (χ0v) is 18.4. The molecule has 0 aliphatic heterocycles. The average Bonchev–Trinajstić information content (AvgIpc) is 3.15. The number of rotatable bonds is 8. The monoisotopic (exact) mass is 443 g/mol. The molecule has 2 aromatic heterocycles. The molecule has 7 nitrogen and oxygen atoms in total. The fourth-order valence-corrected chi connectivity index (χ4v) is 4.47. The molecule has 0 bridgehead atoms. The number of benzene rings is 1. The van der Waals surface area contributed by atoms with Gasteiger partial charge in [0.2, 0.25) is 5.91 Å². The van der Waals surface area contributed by atoms with Gasteiger partial charge in [-0.1, -0.05) is 0 Å². The van der Waals surface area contributed by atoms with Gasteiger partial charge in [0.05, 0.1) is 18.2 Å². The SMILES string of the molecule is COc1ccc(F)cc1Nc1ncnc2[nH]c3c(c12)CC(C(=O)NCCCSC)CC3. The topological polar surface area (TPSA) is 91.9 Å². The standard InChI is InChI=1S/C22H26FN5O2S/c1-30-18-7-5-14(23)11-17(18)28-21-19-15-10-13(22(29)24-8-3-9-31-2)4-6-16(15)27-20(19)25-12-26-21/h5,7,11-13H,3-4,6,8-10H2,1-2H3,(H,24,29)(H2,25,26,27,28). The van der Waals surface area contributed by atoms with E-state index in [1.54, 1.807) is 17.8 Å². The Bertz CT molecular complexity index is 1090. The number of carbonyl (C=O) groups excluding carboxylic acids is 1. The first-order valence-electron chi connectivity index (χ1n) is 10.3. The summed E-state index contributed by atoms with van der Waals surface area (Å²) < 4.78 is 19.2. The molecular formula is C22H26FN5O2S. The minimum absolute atomic E-state index is 0.0856. The molecule has 1 atom stereocenters. The second-order valence-corrected chi connectivity index (χ2v) is 8.56. The number of anilines is 2. The van der Waals surface area contributed by atoms with Crippen LogP contribution in [0.1, 0.15) is 24.1 Å². The van der Waals surface area contributed by atoms with Crippen LogP contribution in [0.4, 0.5) is 15.9 Å². The highest BCUT2D eigenvalue weighted by Gasteiger charge is 2.29. The minimum Gasteiger partial charge on any atom is -0.495 e. The van der Waals surface area contributed by atoms with Crippen molar-refractivity contribution in [2.75, 3.05) is 31.0 Å². The Morgan fingerprint density at radius 1 is 1.39 bits per heavy atom. The number of aryl methyl sites for hydroxylation is 1. The molecule has 0 radical (unpaired) electrons. The molecule has 164 valence electrons. The number of nitrogens with one attached hydrogen (secondary N) is 3. The quantitative estimate of drug-likeness (QED) is 0.459. The predicted molar refractivity (Wildman–Crippen MR) is 122 cm³/mol. The van der Waals surface area contributed by atoms with Crippen molar-refractivity contribution in [3.05, 3.63) is 41.6 Å². The number of halogens is 1. The first-order chi connectivity index (χ1) is 15.1. The van der Waals surface area contributed by atoms with Gasteiger partial charge in [-0.3, -0.25) is 4.79 Å². The van der Waals surface area contributed by atoms with E-state index in [4.69, 9.17) is 4.74 Å². The second kappa shape index (κ2) is 9.55. The first-order valence-corrected chi connectivity index (χ1v) is 11.7. The summed E-state index contributed by atoms with van der Waals surface area (Å²) in [7, 11) is 1.54. The molecule has 1 amide bonds. The number of aromatic amines is 1. The van der Waals surface area contributed by atoms with E-state index in [0.29, 0.717) is 35.9 Å². The molecule has 0 fully saturated rings. The van der Waals surface area contributed by atoms with Gasteiger partial charge in [0.25, 0.3) is 0 Å². The van der Waals surface area contributed by atoms with E-state index in [1.807, 2.05) is 0 Å². The lowest BCUT2D eigenvalue weighted by Gasteiger charge is -2.22. The lowest BCUT2D eigenvalue weighted by Crippen LogP contribution is -2.34. The molecule has 9 heteroatoms. The molecule has 2 heterocycles. The Labute approximate surface area is 184 Å². The molecule has 4 rings (SSSR count). The zero-order valence-electron chi connectivity index (χ0n) is 17.6. The van der Waals surface area contributed by atoms with Crippen LogP contribution in [0, 0.1) is 11.7 Å². The number of carbonyl (C=O) groups is 1. The van der Waals surface area contributed by atoms with E-state index in [-0.39, 0.29) is 17.6 Å². The number of thioether (sulfide) groups is 1. The highest BCUT2D eigenvalue weighted by atomic mass is 32.2. The van der Waals surface area contributed by atoms with Gasteiger partial charge >= 0.3 is 0 Å². The number of amides is 1. The third-order valence-electron chi connectivity index (χ3n) is 5.59. The molecule has 3 aromatic rings. The van der Waals surface area contributed by atoms with Crippen molar-refractivity contribution in [3.63, 3.8) is 0 Å². The number of hydrogen-bond donors (Lipinski definition) is 3. The summed E-state index contributed by atoms with van der Waals surface area (Å²) in [5, 5.41) is 7.10. The smallest absolute Gasteiger partial charge is 0.223 e. The number of nitrogens with zero attached hydrogens (tertiary/aromatic N) is 2. The van der Waals surface area contributed by atoms with E-state index < -0.39 is 0 Å². The molecule has 31 heavy (non-hydrogen) atoms. The van der Waals surface area contributed by atoms with Gasteiger partial charge in [0.1, 0.15) is 29.4 Å². The van der Waals surface area contributed by atoms with Crippen LogP contribution in [0.2, 0.25) is 0 Å². The summed E-state index contributed by atoms with van der Waals surface area (Å²) in [6.07, 6.45) is 6.68. The normalized spacial score (nSPS) is 15.5. The summed E-state index contributed by atoms with van der Waals surface area (Å²) in [5.41, 5.74) is 3.32. The van der Waals surface area contributed by atoms with E-state index in [2.05, 4.69) is 31.8 Å². The number of aromatic nitrogens is 3. The average molecular weight is 444 g/mol. The Hall–Kier alpha value is -2.81. The summed E-state index contributed by atoms with van der Waals surface area (Å²) in [6, 6.07) is 4.29. The fraction of sp³-hybridized carbons (Fsp3) is 0.409. The van der Waals surface area contributed by atoms with Crippen LogP contribution in [0.15, 0.2) is 24.5 Å². The lowest BCUT2D eigenvalue weighted by molar-refractivity contribution is -0.125. The molecule has 0 saturated carbocycles. The van der Waals surface area contributed by atoms with Crippen molar-refractivity contribution < 1.29 is 13.9 Å². The molecular weight excluding hydrogens is 417 g/mol. The van der Waals surface area contributed by atoms with Gasteiger partial charge in [-0.2, -0.15) is 11.8 Å². The number of hydrogen-bond acceptors (Lipinski definition) is 6. The summed E-state index contributed by atoms with van der Waals surface area (Å²) in [5.74, 6) is 1.75. The van der Waals surface area contributed by atoms with E-state index in [1.165, 1.54) is 25.6 Å². The van der Waals surface area contributed by atoms with E-state index in [0.717, 1.165) is 41.7 Å². The Balaban J connectivity index is 1.61. The van der Waals surface area contributed by atoms with Gasteiger partial charge in [0, 0.05) is 24.2 Å². The largest absolute Gasteiger partial charge is 0.495 e. The number of methoxy groups -OCH3 is 1. The maximum atomic E-state index is 13.8. The van der Waals surface area contributed by atoms with Crippen LogP contribution in [-0.2, 0) is 17.6 Å². The molecule has 1 aliphatic rings. The summed E-state index contributed by atoms with van der Waals surface area (Å²) in [4.78, 5) is 24.8. The van der Waals surface area contributed by atoms with Crippen LogP contribution in [0.5, 0.6) is 5.75 Å².